The second-order valence-corrected chi connectivity index (χ2v) is 7.10. The van der Waals surface area contributed by atoms with Crippen LogP contribution in [-0.2, 0) is 11.2 Å². The largest absolute Gasteiger partial charge is 0.496 e. The monoisotopic (exact) mass is 314 g/mol. The van der Waals surface area contributed by atoms with Crippen molar-refractivity contribution in [2.75, 3.05) is 7.11 Å². The second kappa shape index (κ2) is 5.65. The SMILES string of the molecule is COc1ccc(C2=NC3=CC=CCC3(C)S2)cc1CC(N)=O. The third-order valence-corrected chi connectivity index (χ3v) is 5.22. The predicted molar refractivity (Wildman–Crippen MR) is 90.3 cm³/mol. The van der Waals surface area contributed by atoms with Gasteiger partial charge in [0.2, 0.25) is 5.91 Å². The predicted octanol–water partition coefficient (Wildman–Crippen LogP) is 2.82. The molecule has 1 aromatic carbocycles. The molecule has 1 aliphatic carbocycles. The van der Waals surface area contributed by atoms with Crippen LogP contribution in [0.4, 0.5) is 0 Å². The smallest absolute Gasteiger partial charge is 0.221 e. The first-order valence-electron chi connectivity index (χ1n) is 7.12. The van der Waals surface area contributed by atoms with Gasteiger partial charge < -0.3 is 10.5 Å². The second-order valence-electron chi connectivity index (χ2n) is 5.60. The van der Waals surface area contributed by atoms with Gasteiger partial charge in [0.1, 0.15) is 10.8 Å². The van der Waals surface area contributed by atoms with E-state index in [2.05, 4.69) is 25.2 Å². The summed E-state index contributed by atoms with van der Waals surface area (Å²) in [6.07, 6.45) is 7.42. The van der Waals surface area contributed by atoms with Crippen molar-refractivity contribution in [3.63, 3.8) is 0 Å². The summed E-state index contributed by atoms with van der Waals surface area (Å²) in [5.41, 5.74) is 8.21. The van der Waals surface area contributed by atoms with Crippen LogP contribution in [0.15, 0.2) is 47.1 Å². The summed E-state index contributed by atoms with van der Waals surface area (Å²) >= 11 is 1.76. The van der Waals surface area contributed by atoms with E-state index in [0.717, 1.165) is 28.3 Å². The minimum atomic E-state index is -0.371. The zero-order chi connectivity index (χ0) is 15.7. The zero-order valence-electron chi connectivity index (χ0n) is 12.6. The van der Waals surface area contributed by atoms with Crippen LogP contribution >= 0.6 is 11.8 Å². The number of thioether (sulfide) groups is 1. The number of hydrogen-bond acceptors (Lipinski definition) is 4. The number of benzene rings is 1. The van der Waals surface area contributed by atoms with Crippen LogP contribution < -0.4 is 10.5 Å². The summed E-state index contributed by atoms with van der Waals surface area (Å²) in [4.78, 5) is 16.0. The summed E-state index contributed by atoms with van der Waals surface area (Å²) in [5.74, 6) is 0.305. The fourth-order valence-corrected chi connectivity index (χ4v) is 3.90. The minimum absolute atomic E-state index is 0.00780. The molecule has 0 radical (unpaired) electrons. The molecular weight excluding hydrogens is 296 g/mol. The van der Waals surface area contributed by atoms with Gasteiger partial charge >= 0.3 is 0 Å². The van der Waals surface area contributed by atoms with Crippen molar-refractivity contribution in [3.05, 3.63) is 53.3 Å². The summed E-state index contributed by atoms with van der Waals surface area (Å²) in [6.45, 7) is 2.21. The van der Waals surface area contributed by atoms with Crippen LogP contribution in [0.2, 0.25) is 0 Å². The number of fused-ring (bicyclic) bond motifs is 1. The van der Waals surface area contributed by atoms with Gasteiger partial charge in [-0.2, -0.15) is 0 Å². The molecular formula is C17H18N2O2S. The molecule has 2 aliphatic rings. The van der Waals surface area contributed by atoms with Gasteiger partial charge in [-0.05, 0) is 37.6 Å². The van der Waals surface area contributed by atoms with Gasteiger partial charge in [-0.25, -0.2) is 4.99 Å². The number of amides is 1. The van der Waals surface area contributed by atoms with Crippen LogP contribution in [-0.4, -0.2) is 22.8 Å². The van der Waals surface area contributed by atoms with Gasteiger partial charge in [-0.3, -0.25) is 4.79 Å². The first-order chi connectivity index (χ1) is 10.5. The van der Waals surface area contributed by atoms with E-state index in [0.29, 0.717) is 5.75 Å². The van der Waals surface area contributed by atoms with Crippen LogP contribution in [0.1, 0.15) is 24.5 Å². The summed E-state index contributed by atoms with van der Waals surface area (Å²) in [7, 11) is 1.59. The van der Waals surface area contributed by atoms with Crippen molar-refractivity contribution in [2.45, 2.75) is 24.5 Å². The lowest BCUT2D eigenvalue weighted by Crippen LogP contribution is -2.20. The molecule has 0 fully saturated rings. The quantitative estimate of drug-likeness (QED) is 0.929. The Bertz CT molecular complexity index is 721. The molecule has 1 atom stereocenters. The molecule has 1 heterocycles. The van der Waals surface area contributed by atoms with Crippen LogP contribution in [0, 0.1) is 0 Å². The van der Waals surface area contributed by atoms with Crippen molar-refractivity contribution >= 4 is 22.7 Å². The molecule has 1 aliphatic heterocycles. The maximum Gasteiger partial charge on any atom is 0.221 e. The lowest BCUT2D eigenvalue weighted by atomic mass is 9.98. The topological polar surface area (TPSA) is 64.7 Å². The van der Waals surface area contributed by atoms with Crippen molar-refractivity contribution in [1.82, 2.24) is 0 Å². The molecule has 0 bridgehead atoms. The Morgan fingerprint density at radius 2 is 2.32 bits per heavy atom. The van der Waals surface area contributed by atoms with Gasteiger partial charge in [0.25, 0.3) is 0 Å². The van der Waals surface area contributed by atoms with E-state index in [-0.39, 0.29) is 17.1 Å². The number of nitrogens with two attached hydrogens (primary N) is 1. The molecule has 22 heavy (non-hydrogen) atoms. The number of carbonyl (C=O) groups excluding carboxylic acids is 1. The molecule has 1 amide bonds. The maximum absolute atomic E-state index is 11.2. The van der Waals surface area contributed by atoms with Gasteiger partial charge in [0.05, 0.1) is 24.0 Å². The van der Waals surface area contributed by atoms with E-state index in [1.165, 1.54) is 0 Å². The highest BCUT2D eigenvalue weighted by molar-refractivity contribution is 8.16. The van der Waals surface area contributed by atoms with Crippen molar-refractivity contribution < 1.29 is 9.53 Å². The Kier molecular flexibility index (Phi) is 3.83. The molecule has 0 saturated heterocycles. The van der Waals surface area contributed by atoms with E-state index >= 15 is 0 Å². The maximum atomic E-state index is 11.2. The zero-order valence-corrected chi connectivity index (χ0v) is 13.4. The molecule has 2 N–H and O–H groups in total. The highest BCUT2D eigenvalue weighted by Gasteiger charge is 2.37. The average Bonchev–Trinajstić information content (AvgIpc) is 2.84. The molecule has 1 unspecified atom stereocenters. The number of allylic oxidation sites excluding steroid dienone is 3. The number of rotatable bonds is 4. The van der Waals surface area contributed by atoms with E-state index in [1.807, 2.05) is 18.2 Å². The van der Waals surface area contributed by atoms with Crippen molar-refractivity contribution in [2.24, 2.45) is 10.7 Å². The first-order valence-corrected chi connectivity index (χ1v) is 7.94. The lowest BCUT2D eigenvalue weighted by molar-refractivity contribution is -0.117. The number of primary amides is 1. The molecule has 5 heteroatoms. The fraction of sp³-hybridized carbons (Fsp3) is 0.294. The van der Waals surface area contributed by atoms with E-state index in [1.54, 1.807) is 18.9 Å². The lowest BCUT2D eigenvalue weighted by Gasteiger charge is -2.24. The van der Waals surface area contributed by atoms with Gasteiger partial charge in [0, 0.05) is 11.1 Å². The van der Waals surface area contributed by atoms with Gasteiger partial charge in [0.15, 0.2) is 0 Å². The van der Waals surface area contributed by atoms with Crippen molar-refractivity contribution in [1.29, 1.82) is 0 Å². The number of methoxy groups -OCH3 is 1. The highest BCUT2D eigenvalue weighted by atomic mass is 32.2. The molecule has 0 aromatic heterocycles. The summed E-state index contributed by atoms with van der Waals surface area (Å²) < 4.78 is 5.31. The molecule has 114 valence electrons. The fourth-order valence-electron chi connectivity index (χ4n) is 2.69. The Morgan fingerprint density at radius 3 is 3.00 bits per heavy atom. The number of aliphatic imine (C=N–C) groups is 1. The van der Waals surface area contributed by atoms with Crippen LogP contribution in [0.25, 0.3) is 0 Å². The minimum Gasteiger partial charge on any atom is -0.496 e. The molecule has 0 saturated carbocycles. The molecule has 3 rings (SSSR count). The molecule has 1 aromatic rings. The van der Waals surface area contributed by atoms with Crippen molar-refractivity contribution in [3.8, 4) is 5.75 Å². The molecule has 0 spiro atoms. The van der Waals surface area contributed by atoms with E-state index in [4.69, 9.17) is 15.5 Å². The van der Waals surface area contributed by atoms with Crippen LogP contribution in [0.3, 0.4) is 0 Å². The van der Waals surface area contributed by atoms with E-state index < -0.39 is 0 Å². The standard InChI is InChI=1S/C17H18N2O2S/c1-17-8-4-3-5-14(17)19-16(22-17)11-6-7-13(21-2)12(9-11)10-15(18)20/h3-7,9H,8,10H2,1-2H3,(H2,18,20). The number of ether oxygens (including phenoxy) is 1. The normalized spacial score (nSPS) is 22.8. The Labute approximate surface area is 134 Å². The first kappa shape index (κ1) is 14.9. The molecule has 4 nitrogen and oxygen atoms in total. The van der Waals surface area contributed by atoms with Gasteiger partial charge in [-0.15, -0.1) is 0 Å². The van der Waals surface area contributed by atoms with E-state index in [9.17, 15) is 4.79 Å². The van der Waals surface area contributed by atoms with Crippen LogP contribution in [0.5, 0.6) is 5.75 Å². The Morgan fingerprint density at radius 1 is 1.50 bits per heavy atom. The Balaban J connectivity index is 1.96. The third kappa shape index (κ3) is 2.68. The number of hydrogen-bond donors (Lipinski definition) is 1. The summed E-state index contributed by atoms with van der Waals surface area (Å²) in [5, 5.41) is 0.978. The average molecular weight is 314 g/mol. The van der Waals surface area contributed by atoms with Gasteiger partial charge in [-0.1, -0.05) is 23.9 Å². The number of carbonyl (C=O) groups is 1. The highest BCUT2D eigenvalue weighted by Crippen LogP contribution is 2.47. The number of nitrogens with zero attached hydrogens (tertiary/aromatic N) is 1. The Hall–Kier alpha value is -2.01. The summed E-state index contributed by atoms with van der Waals surface area (Å²) in [6, 6.07) is 5.79. The third-order valence-electron chi connectivity index (χ3n) is 3.88.